The first-order chi connectivity index (χ1) is 11.4. The van der Waals surface area contributed by atoms with Crippen LogP contribution in [0, 0.1) is 10.1 Å². The number of anilines is 1. The van der Waals surface area contributed by atoms with Crippen LogP contribution < -0.4 is 4.90 Å². The van der Waals surface area contributed by atoms with Crippen molar-refractivity contribution in [3.63, 3.8) is 0 Å². The smallest absolute Gasteiger partial charge is 0.271 e. The van der Waals surface area contributed by atoms with Crippen LogP contribution in [-0.2, 0) is 21.1 Å². The molecule has 1 aliphatic rings. The quantitative estimate of drug-likeness (QED) is 0.622. The van der Waals surface area contributed by atoms with E-state index in [1.165, 1.54) is 29.2 Å². The molecule has 1 heterocycles. The Kier molecular flexibility index (Phi) is 4.06. The predicted molar refractivity (Wildman–Crippen MR) is 87.6 cm³/mol. The van der Waals surface area contributed by atoms with Gasteiger partial charge in [0.1, 0.15) is 5.75 Å². The number of hydrogen-bond acceptors (Lipinski definition) is 5. The molecule has 8 heteroatoms. The molecule has 0 N–H and O–H groups in total. The Morgan fingerprint density at radius 1 is 1.17 bits per heavy atom. The minimum atomic E-state index is -3.75. The molecule has 0 saturated heterocycles. The van der Waals surface area contributed by atoms with Crippen LogP contribution in [-0.4, -0.2) is 31.5 Å². The third kappa shape index (κ3) is 3.00. The Hall–Kier alpha value is -2.74. The lowest BCUT2D eigenvalue weighted by molar-refractivity contribution is -0.384. The van der Waals surface area contributed by atoms with Crippen LogP contribution in [0.25, 0.3) is 0 Å². The number of nitro groups is 1. The first kappa shape index (κ1) is 16.1. The second kappa shape index (κ2) is 6.04. The average Bonchev–Trinajstić information content (AvgIpc) is 2.98. The highest BCUT2D eigenvalue weighted by atomic mass is 32.2. The van der Waals surface area contributed by atoms with Crippen molar-refractivity contribution in [3.8, 4) is 0 Å². The fourth-order valence-corrected chi connectivity index (χ4v) is 3.91. The summed E-state index contributed by atoms with van der Waals surface area (Å²) in [6, 6.07) is 12.0. The number of sulfone groups is 1. The van der Waals surface area contributed by atoms with Crippen molar-refractivity contribution in [1.29, 1.82) is 0 Å². The zero-order valence-electron chi connectivity index (χ0n) is 12.6. The Morgan fingerprint density at radius 2 is 1.88 bits per heavy atom. The highest BCUT2D eigenvalue weighted by molar-refractivity contribution is 7.92. The van der Waals surface area contributed by atoms with Gasteiger partial charge in [-0.05, 0) is 24.1 Å². The van der Waals surface area contributed by atoms with Gasteiger partial charge in [0, 0.05) is 18.7 Å². The maximum Gasteiger partial charge on any atom is 0.271 e. The van der Waals surface area contributed by atoms with Crippen molar-refractivity contribution in [2.45, 2.75) is 11.3 Å². The Labute approximate surface area is 138 Å². The number of carbonyl (C=O) groups is 1. The summed E-state index contributed by atoms with van der Waals surface area (Å²) in [7, 11) is -3.75. The number of hydrogen-bond donors (Lipinski definition) is 0. The van der Waals surface area contributed by atoms with E-state index >= 15 is 0 Å². The third-order valence-corrected chi connectivity index (χ3v) is 5.51. The molecule has 0 fully saturated rings. The van der Waals surface area contributed by atoms with Crippen LogP contribution in [0.4, 0.5) is 11.4 Å². The number of amides is 1. The molecule has 7 nitrogen and oxygen atoms in total. The first-order valence-electron chi connectivity index (χ1n) is 7.24. The van der Waals surface area contributed by atoms with E-state index in [0.717, 1.165) is 5.56 Å². The van der Waals surface area contributed by atoms with E-state index in [9.17, 15) is 23.3 Å². The lowest BCUT2D eigenvalue weighted by atomic mass is 10.1. The number of fused-ring (bicyclic) bond motifs is 1. The standard InChI is InChI=1S/C16H14N2O5S/c19-16(11-24(22,23)14-4-2-1-3-5-14)17-9-8-12-6-7-13(18(20)21)10-15(12)17/h1-7,10H,8-9,11H2. The van der Waals surface area contributed by atoms with Gasteiger partial charge >= 0.3 is 0 Å². The lowest BCUT2D eigenvalue weighted by Gasteiger charge is -2.17. The van der Waals surface area contributed by atoms with E-state index in [2.05, 4.69) is 0 Å². The summed E-state index contributed by atoms with van der Waals surface area (Å²) in [5, 5.41) is 10.9. The molecule has 124 valence electrons. The van der Waals surface area contributed by atoms with Crippen LogP contribution in [0.5, 0.6) is 0 Å². The molecule has 24 heavy (non-hydrogen) atoms. The molecule has 0 aromatic heterocycles. The lowest BCUT2D eigenvalue weighted by Crippen LogP contribution is -2.34. The van der Waals surface area contributed by atoms with Gasteiger partial charge < -0.3 is 4.90 Å². The summed E-state index contributed by atoms with van der Waals surface area (Å²) >= 11 is 0. The highest BCUT2D eigenvalue weighted by Gasteiger charge is 2.30. The van der Waals surface area contributed by atoms with Gasteiger partial charge in [-0.25, -0.2) is 8.42 Å². The fourth-order valence-electron chi connectivity index (χ4n) is 2.69. The van der Waals surface area contributed by atoms with Crippen molar-refractivity contribution in [2.75, 3.05) is 17.2 Å². The highest BCUT2D eigenvalue weighted by Crippen LogP contribution is 2.32. The SMILES string of the molecule is O=C(CS(=O)(=O)c1ccccc1)N1CCc2ccc([N+](=O)[O-])cc21. The van der Waals surface area contributed by atoms with Crippen molar-refractivity contribution in [1.82, 2.24) is 0 Å². The van der Waals surface area contributed by atoms with E-state index in [-0.39, 0.29) is 10.6 Å². The van der Waals surface area contributed by atoms with Crippen molar-refractivity contribution >= 4 is 27.1 Å². The topological polar surface area (TPSA) is 97.6 Å². The van der Waals surface area contributed by atoms with E-state index < -0.39 is 26.4 Å². The van der Waals surface area contributed by atoms with Crippen molar-refractivity contribution in [3.05, 3.63) is 64.2 Å². The molecule has 3 rings (SSSR count). The molecule has 1 amide bonds. The van der Waals surface area contributed by atoms with Gasteiger partial charge in [-0.2, -0.15) is 0 Å². The molecular weight excluding hydrogens is 332 g/mol. The maximum atomic E-state index is 12.5. The Balaban J connectivity index is 1.86. The largest absolute Gasteiger partial charge is 0.311 e. The van der Waals surface area contributed by atoms with Gasteiger partial charge in [-0.1, -0.05) is 24.3 Å². The van der Waals surface area contributed by atoms with Crippen molar-refractivity contribution < 1.29 is 18.1 Å². The number of benzene rings is 2. The van der Waals surface area contributed by atoms with Gasteiger partial charge in [0.25, 0.3) is 5.69 Å². The number of rotatable bonds is 4. The summed E-state index contributed by atoms with van der Waals surface area (Å²) < 4.78 is 24.7. The average molecular weight is 346 g/mol. The Bertz CT molecular complexity index is 909. The second-order valence-electron chi connectivity index (χ2n) is 5.44. The predicted octanol–water partition coefficient (Wildman–Crippen LogP) is 1.96. The summed E-state index contributed by atoms with van der Waals surface area (Å²) in [6.45, 7) is 0.319. The van der Waals surface area contributed by atoms with Crippen LogP contribution in [0.3, 0.4) is 0 Å². The van der Waals surface area contributed by atoms with Crippen LogP contribution in [0.15, 0.2) is 53.4 Å². The molecule has 2 aromatic rings. The van der Waals surface area contributed by atoms with Crippen LogP contribution in [0.1, 0.15) is 5.56 Å². The molecule has 0 bridgehead atoms. The molecule has 2 aromatic carbocycles. The number of carbonyl (C=O) groups excluding carboxylic acids is 1. The maximum absolute atomic E-state index is 12.5. The van der Waals surface area contributed by atoms with Gasteiger partial charge in [-0.15, -0.1) is 0 Å². The summed E-state index contributed by atoms with van der Waals surface area (Å²) in [5.41, 5.74) is 1.09. The van der Waals surface area contributed by atoms with E-state index in [1.54, 1.807) is 24.3 Å². The number of nitro benzene ring substituents is 1. The summed E-state index contributed by atoms with van der Waals surface area (Å²) in [4.78, 5) is 24.2. The Morgan fingerprint density at radius 3 is 2.54 bits per heavy atom. The zero-order valence-corrected chi connectivity index (χ0v) is 13.4. The van der Waals surface area contributed by atoms with E-state index in [1.807, 2.05) is 0 Å². The summed E-state index contributed by atoms with van der Waals surface area (Å²) in [5.74, 6) is -1.25. The molecule has 0 aliphatic carbocycles. The molecule has 0 spiro atoms. The number of non-ortho nitro benzene ring substituents is 1. The van der Waals surface area contributed by atoms with Crippen LogP contribution in [0.2, 0.25) is 0 Å². The normalized spacial score (nSPS) is 13.6. The molecule has 1 aliphatic heterocycles. The minimum absolute atomic E-state index is 0.0804. The number of nitrogens with zero attached hydrogens (tertiary/aromatic N) is 2. The van der Waals surface area contributed by atoms with Gasteiger partial charge in [0.05, 0.1) is 15.5 Å². The third-order valence-electron chi connectivity index (χ3n) is 3.89. The minimum Gasteiger partial charge on any atom is -0.311 e. The fraction of sp³-hybridized carbons (Fsp3) is 0.188. The molecular formula is C16H14N2O5S. The zero-order chi connectivity index (χ0) is 17.3. The van der Waals surface area contributed by atoms with E-state index in [4.69, 9.17) is 0 Å². The van der Waals surface area contributed by atoms with Crippen molar-refractivity contribution in [2.24, 2.45) is 0 Å². The van der Waals surface area contributed by atoms with Gasteiger partial charge in [0.2, 0.25) is 5.91 Å². The monoisotopic (exact) mass is 346 g/mol. The molecule has 0 unspecified atom stereocenters. The van der Waals surface area contributed by atoms with Gasteiger partial charge in [0.15, 0.2) is 9.84 Å². The molecule has 0 atom stereocenters. The van der Waals surface area contributed by atoms with E-state index in [0.29, 0.717) is 18.7 Å². The molecule has 0 saturated carbocycles. The summed E-state index contributed by atoms with van der Waals surface area (Å²) in [6.07, 6.45) is 0.546. The second-order valence-corrected chi connectivity index (χ2v) is 7.43. The van der Waals surface area contributed by atoms with Crippen LogP contribution >= 0.6 is 0 Å². The van der Waals surface area contributed by atoms with Gasteiger partial charge in [-0.3, -0.25) is 14.9 Å². The molecule has 0 radical (unpaired) electrons. The first-order valence-corrected chi connectivity index (χ1v) is 8.89.